The molecule has 2 heterocycles. The number of ether oxygens (including phenoxy) is 2. The van der Waals surface area contributed by atoms with Crippen LogP contribution in [0, 0.1) is 0 Å². The molecule has 2 aliphatic heterocycles. The molecule has 7 heteroatoms. The number of nitrogens with zero attached hydrogens (tertiary/aromatic N) is 1. The molecular weight excluding hydrogens is 358 g/mol. The van der Waals surface area contributed by atoms with Crippen molar-refractivity contribution in [3.05, 3.63) is 53.6 Å². The second kappa shape index (κ2) is 8.00. The third-order valence-electron chi connectivity index (χ3n) is 4.93. The topological polar surface area (TPSA) is 79.9 Å². The van der Waals surface area contributed by atoms with Crippen molar-refractivity contribution < 1.29 is 19.1 Å². The number of anilines is 2. The van der Waals surface area contributed by atoms with Gasteiger partial charge >= 0.3 is 0 Å². The van der Waals surface area contributed by atoms with Crippen molar-refractivity contribution in [3.63, 3.8) is 0 Å². The second-order valence-electron chi connectivity index (χ2n) is 6.96. The molecule has 1 fully saturated rings. The summed E-state index contributed by atoms with van der Waals surface area (Å²) in [5.74, 6) is 0.213. The van der Waals surface area contributed by atoms with E-state index in [1.54, 1.807) is 25.1 Å². The summed E-state index contributed by atoms with van der Waals surface area (Å²) in [4.78, 5) is 27.0. The summed E-state index contributed by atoms with van der Waals surface area (Å²) < 4.78 is 10.9. The third-order valence-corrected chi connectivity index (χ3v) is 4.93. The van der Waals surface area contributed by atoms with Gasteiger partial charge < -0.3 is 20.1 Å². The van der Waals surface area contributed by atoms with Crippen molar-refractivity contribution in [3.8, 4) is 5.75 Å². The van der Waals surface area contributed by atoms with E-state index in [-0.39, 0.29) is 11.8 Å². The smallest absolute Gasteiger partial charge is 0.265 e. The lowest BCUT2D eigenvalue weighted by Crippen LogP contribution is -2.36. The lowest BCUT2D eigenvalue weighted by Gasteiger charge is -2.27. The molecule has 0 bridgehead atoms. The zero-order valence-corrected chi connectivity index (χ0v) is 15.7. The number of amides is 2. The first kappa shape index (κ1) is 18.5. The Morgan fingerprint density at radius 2 is 2.00 bits per heavy atom. The average Bonchev–Trinajstić information content (AvgIpc) is 2.70. The van der Waals surface area contributed by atoms with Gasteiger partial charge in [0.2, 0.25) is 0 Å². The molecule has 0 radical (unpaired) electrons. The van der Waals surface area contributed by atoms with Crippen LogP contribution in [0.3, 0.4) is 0 Å². The van der Waals surface area contributed by atoms with Gasteiger partial charge in [-0.25, -0.2) is 0 Å². The molecule has 0 spiro atoms. The van der Waals surface area contributed by atoms with Gasteiger partial charge in [0, 0.05) is 30.9 Å². The maximum absolute atomic E-state index is 12.9. The number of rotatable bonds is 4. The fourth-order valence-corrected chi connectivity index (χ4v) is 3.36. The summed E-state index contributed by atoms with van der Waals surface area (Å²) in [5, 5.41) is 5.72. The van der Waals surface area contributed by atoms with Gasteiger partial charge in [-0.2, -0.15) is 0 Å². The number of fused-ring (bicyclic) bond motifs is 1. The first-order chi connectivity index (χ1) is 13.6. The number of hydrogen-bond donors (Lipinski definition) is 2. The molecule has 0 saturated carbocycles. The van der Waals surface area contributed by atoms with Gasteiger partial charge in [-0.3, -0.25) is 14.5 Å². The molecule has 2 amide bonds. The Labute approximate surface area is 163 Å². The minimum Gasteiger partial charge on any atom is -0.479 e. The molecule has 1 atom stereocenters. The van der Waals surface area contributed by atoms with Crippen molar-refractivity contribution in [1.29, 1.82) is 0 Å². The quantitative estimate of drug-likeness (QED) is 0.851. The lowest BCUT2D eigenvalue weighted by atomic mass is 10.1. The van der Waals surface area contributed by atoms with E-state index < -0.39 is 6.10 Å². The van der Waals surface area contributed by atoms with Crippen molar-refractivity contribution in [1.82, 2.24) is 4.90 Å². The molecule has 146 valence electrons. The summed E-state index contributed by atoms with van der Waals surface area (Å²) in [6.07, 6.45) is -0.528. The maximum Gasteiger partial charge on any atom is 0.265 e. The van der Waals surface area contributed by atoms with Gasteiger partial charge in [0.05, 0.1) is 18.9 Å². The van der Waals surface area contributed by atoms with Crippen LogP contribution >= 0.6 is 0 Å². The summed E-state index contributed by atoms with van der Waals surface area (Å²) >= 11 is 0. The molecule has 2 N–H and O–H groups in total. The van der Waals surface area contributed by atoms with Crippen LogP contribution < -0.4 is 15.4 Å². The van der Waals surface area contributed by atoms with Crippen LogP contribution in [0.25, 0.3) is 0 Å². The normalized spacial score (nSPS) is 19.3. The van der Waals surface area contributed by atoms with Crippen molar-refractivity contribution >= 4 is 23.2 Å². The Balaban J connectivity index is 1.50. The second-order valence-corrected chi connectivity index (χ2v) is 6.96. The summed E-state index contributed by atoms with van der Waals surface area (Å²) in [5.41, 5.74) is 2.77. The molecule has 0 aliphatic carbocycles. The number of carbonyl (C=O) groups is 2. The zero-order chi connectivity index (χ0) is 19.5. The van der Waals surface area contributed by atoms with Gasteiger partial charge in [-0.05, 0) is 36.8 Å². The predicted molar refractivity (Wildman–Crippen MR) is 106 cm³/mol. The Morgan fingerprint density at radius 1 is 1.21 bits per heavy atom. The van der Waals surface area contributed by atoms with E-state index in [4.69, 9.17) is 9.47 Å². The van der Waals surface area contributed by atoms with E-state index in [0.29, 0.717) is 29.2 Å². The Bertz CT molecular complexity index is 893. The average molecular weight is 381 g/mol. The molecular formula is C21H23N3O4. The van der Waals surface area contributed by atoms with Gasteiger partial charge in [0.1, 0.15) is 5.75 Å². The summed E-state index contributed by atoms with van der Waals surface area (Å²) in [6, 6.07) is 12.8. The summed E-state index contributed by atoms with van der Waals surface area (Å²) in [6.45, 7) is 5.56. The van der Waals surface area contributed by atoms with E-state index in [1.165, 1.54) is 0 Å². The van der Waals surface area contributed by atoms with Gasteiger partial charge in [-0.1, -0.05) is 18.2 Å². The highest BCUT2D eigenvalue weighted by molar-refractivity contribution is 6.06. The number of benzene rings is 2. The molecule has 7 nitrogen and oxygen atoms in total. The van der Waals surface area contributed by atoms with Crippen LogP contribution in [-0.2, 0) is 16.1 Å². The molecule has 28 heavy (non-hydrogen) atoms. The van der Waals surface area contributed by atoms with Gasteiger partial charge in [0.25, 0.3) is 11.8 Å². The third kappa shape index (κ3) is 4.00. The SMILES string of the molecule is CC1Oc2ccc(NC(=O)c3ccccc3CN3CCOCC3)cc2NC1=O. The number of nitrogens with one attached hydrogen (secondary N) is 2. The van der Waals surface area contributed by atoms with Crippen LogP contribution in [0.4, 0.5) is 11.4 Å². The van der Waals surface area contributed by atoms with E-state index in [2.05, 4.69) is 15.5 Å². The van der Waals surface area contributed by atoms with Crippen molar-refractivity contribution in [2.45, 2.75) is 19.6 Å². The summed E-state index contributed by atoms with van der Waals surface area (Å²) in [7, 11) is 0. The van der Waals surface area contributed by atoms with Crippen molar-refractivity contribution in [2.24, 2.45) is 0 Å². The Kier molecular flexibility index (Phi) is 5.27. The van der Waals surface area contributed by atoms with E-state index in [1.807, 2.05) is 24.3 Å². The predicted octanol–water partition coefficient (Wildman–Crippen LogP) is 2.49. The molecule has 2 aromatic carbocycles. The first-order valence-electron chi connectivity index (χ1n) is 9.41. The Morgan fingerprint density at radius 3 is 2.82 bits per heavy atom. The Hall–Kier alpha value is -2.90. The molecule has 0 aromatic heterocycles. The van der Waals surface area contributed by atoms with E-state index >= 15 is 0 Å². The highest BCUT2D eigenvalue weighted by atomic mass is 16.5. The highest BCUT2D eigenvalue weighted by Crippen LogP contribution is 2.32. The molecule has 2 aromatic rings. The van der Waals surface area contributed by atoms with Crippen LogP contribution in [0.15, 0.2) is 42.5 Å². The van der Waals surface area contributed by atoms with E-state index in [9.17, 15) is 9.59 Å². The highest BCUT2D eigenvalue weighted by Gasteiger charge is 2.24. The molecule has 1 saturated heterocycles. The minimum absolute atomic E-state index is 0.180. The number of morpholine rings is 1. The van der Waals surface area contributed by atoms with E-state index in [0.717, 1.165) is 31.9 Å². The molecule has 1 unspecified atom stereocenters. The monoisotopic (exact) mass is 381 g/mol. The van der Waals surface area contributed by atoms with Crippen LogP contribution in [-0.4, -0.2) is 49.1 Å². The zero-order valence-electron chi connectivity index (χ0n) is 15.7. The lowest BCUT2D eigenvalue weighted by molar-refractivity contribution is -0.122. The molecule has 2 aliphatic rings. The largest absolute Gasteiger partial charge is 0.479 e. The first-order valence-corrected chi connectivity index (χ1v) is 9.41. The number of carbonyl (C=O) groups excluding carboxylic acids is 2. The number of hydrogen-bond acceptors (Lipinski definition) is 5. The fourth-order valence-electron chi connectivity index (χ4n) is 3.36. The standard InChI is InChI=1S/C21H23N3O4/c1-14-20(25)23-18-12-16(6-7-19(18)28-14)22-21(26)17-5-3-2-4-15(17)13-24-8-10-27-11-9-24/h2-7,12,14H,8-11,13H2,1H3,(H,22,26)(H,23,25). The van der Waals surface area contributed by atoms with Gasteiger partial charge in [-0.15, -0.1) is 0 Å². The molecule has 4 rings (SSSR count). The van der Waals surface area contributed by atoms with Crippen LogP contribution in [0.1, 0.15) is 22.8 Å². The fraction of sp³-hybridized carbons (Fsp3) is 0.333. The van der Waals surface area contributed by atoms with Crippen LogP contribution in [0.2, 0.25) is 0 Å². The van der Waals surface area contributed by atoms with Gasteiger partial charge in [0.15, 0.2) is 6.10 Å². The minimum atomic E-state index is -0.528. The van der Waals surface area contributed by atoms with Crippen molar-refractivity contribution in [2.75, 3.05) is 36.9 Å². The van der Waals surface area contributed by atoms with Crippen LogP contribution in [0.5, 0.6) is 5.75 Å². The maximum atomic E-state index is 12.9.